The molecule has 1 saturated carbocycles. The minimum Gasteiger partial charge on any atom is -0.349 e. The molecule has 0 saturated heterocycles. The molecular formula is C16H23N3O2. The zero-order valence-corrected chi connectivity index (χ0v) is 12.4. The molecule has 1 aliphatic rings. The number of benzene rings is 1. The van der Waals surface area contributed by atoms with Gasteiger partial charge in [0.05, 0.1) is 0 Å². The lowest BCUT2D eigenvalue weighted by Crippen LogP contribution is -2.25. The zero-order chi connectivity index (χ0) is 15.2. The van der Waals surface area contributed by atoms with Gasteiger partial charge in [-0.3, -0.25) is 9.59 Å². The van der Waals surface area contributed by atoms with E-state index in [0.717, 1.165) is 19.3 Å². The first-order valence-corrected chi connectivity index (χ1v) is 7.49. The Balaban J connectivity index is 1.87. The van der Waals surface area contributed by atoms with Crippen molar-refractivity contribution < 1.29 is 9.59 Å². The molecule has 1 aromatic rings. The molecule has 1 aromatic carbocycles. The maximum atomic E-state index is 11.9. The number of anilines is 1. The molecule has 0 heterocycles. The molecule has 1 fully saturated rings. The summed E-state index contributed by atoms with van der Waals surface area (Å²) in [5, 5.41) is 5.76. The van der Waals surface area contributed by atoms with Gasteiger partial charge in [0.15, 0.2) is 0 Å². The first kappa shape index (κ1) is 15.5. The summed E-state index contributed by atoms with van der Waals surface area (Å²) < 4.78 is 0. The van der Waals surface area contributed by atoms with Gasteiger partial charge in [0.25, 0.3) is 5.91 Å². The molecule has 0 aliphatic heterocycles. The van der Waals surface area contributed by atoms with Crippen molar-refractivity contribution in [2.75, 3.05) is 11.9 Å². The summed E-state index contributed by atoms with van der Waals surface area (Å²) in [5.74, 6) is 0.215. The van der Waals surface area contributed by atoms with E-state index in [-0.39, 0.29) is 11.8 Å². The van der Waals surface area contributed by atoms with Gasteiger partial charge in [-0.2, -0.15) is 0 Å². The molecule has 114 valence electrons. The van der Waals surface area contributed by atoms with Gasteiger partial charge in [0, 0.05) is 23.7 Å². The van der Waals surface area contributed by atoms with E-state index < -0.39 is 0 Å². The highest BCUT2D eigenvalue weighted by atomic mass is 16.2. The number of rotatable bonds is 7. The molecule has 5 nitrogen and oxygen atoms in total. The smallest absolute Gasteiger partial charge is 0.251 e. The molecule has 21 heavy (non-hydrogen) atoms. The van der Waals surface area contributed by atoms with Crippen molar-refractivity contribution >= 4 is 17.5 Å². The summed E-state index contributed by atoms with van der Waals surface area (Å²) in [6.07, 6.45) is 3.32. The van der Waals surface area contributed by atoms with Crippen LogP contribution in [0.3, 0.4) is 0 Å². The Labute approximate surface area is 125 Å². The predicted octanol–water partition coefficient (Wildman–Crippen LogP) is 1.89. The van der Waals surface area contributed by atoms with Gasteiger partial charge in [-0.15, -0.1) is 0 Å². The Morgan fingerprint density at radius 2 is 2.14 bits per heavy atom. The standard InChI is InChI=1S/C16H23N3O2/c1-11(10-17)5-8-15(20)18-14-4-2-3-12(9-14)16(21)19-13-6-7-13/h2-4,9,11,13H,5-8,10,17H2,1H3,(H,18,20)(H,19,21). The Kier molecular flexibility index (Phi) is 5.33. The monoisotopic (exact) mass is 289 g/mol. The summed E-state index contributed by atoms with van der Waals surface area (Å²) in [5.41, 5.74) is 6.77. The van der Waals surface area contributed by atoms with E-state index in [0.29, 0.717) is 36.2 Å². The molecule has 0 bridgehead atoms. The zero-order valence-electron chi connectivity index (χ0n) is 12.4. The first-order valence-electron chi connectivity index (χ1n) is 7.49. The number of nitrogens with one attached hydrogen (secondary N) is 2. The number of hydrogen-bond donors (Lipinski definition) is 3. The van der Waals surface area contributed by atoms with Crippen molar-refractivity contribution in [2.45, 2.75) is 38.6 Å². The summed E-state index contributed by atoms with van der Waals surface area (Å²) >= 11 is 0. The van der Waals surface area contributed by atoms with Gasteiger partial charge >= 0.3 is 0 Å². The number of carbonyl (C=O) groups is 2. The van der Waals surface area contributed by atoms with Crippen LogP contribution < -0.4 is 16.4 Å². The fourth-order valence-corrected chi connectivity index (χ4v) is 1.95. The molecule has 4 N–H and O–H groups in total. The molecule has 1 atom stereocenters. The average Bonchev–Trinajstić information content (AvgIpc) is 3.29. The molecule has 2 rings (SSSR count). The molecular weight excluding hydrogens is 266 g/mol. The largest absolute Gasteiger partial charge is 0.349 e. The van der Waals surface area contributed by atoms with Gasteiger partial charge in [0.2, 0.25) is 5.91 Å². The van der Waals surface area contributed by atoms with Crippen molar-refractivity contribution in [3.05, 3.63) is 29.8 Å². The van der Waals surface area contributed by atoms with Crippen LogP contribution in [0.2, 0.25) is 0 Å². The molecule has 1 aliphatic carbocycles. The first-order chi connectivity index (χ1) is 10.1. The molecule has 0 aromatic heterocycles. The van der Waals surface area contributed by atoms with Crippen LogP contribution in [-0.4, -0.2) is 24.4 Å². The second-order valence-electron chi connectivity index (χ2n) is 5.76. The van der Waals surface area contributed by atoms with Crippen LogP contribution in [0.4, 0.5) is 5.69 Å². The Morgan fingerprint density at radius 1 is 1.38 bits per heavy atom. The Bertz CT molecular complexity index is 512. The van der Waals surface area contributed by atoms with E-state index in [9.17, 15) is 9.59 Å². The van der Waals surface area contributed by atoms with E-state index in [1.54, 1.807) is 24.3 Å². The lowest BCUT2D eigenvalue weighted by atomic mass is 10.1. The van der Waals surface area contributed by atoms with E-state index >= 15 is 0 Å². The van der Waals surface area contributed by atoms with Crippen LogP contribution in [-0.2, 0) is 4.79 Å². The van der Waals surface area contributed by atoms with Gasteiger partial charge < -0.3 is 16.4 Å². The van der Waals surface area contributed by atoms with Crippen LogP contribution >= 0.6 is 0 Å². The lowest BCUT2D eigenvalue weighted by molar-refractivity contribution is -0.116. The minimum atomic E-state index is -0.0784. The normalized spacial score (nSPS) is 15.3. The van der Waals surface area contributed by atoms with E-state index in [4.69, 9.17) is 5.73 Å². The number of hydrogen-bond acceptors (Lipinski definition) is 3. The van der Waals surface area contributed by atoms with Crippen LogP contribution in [0.15, 0.2) is 24.3 Å². The van der Waals surface area contributed by atoms with Crippen molar-refractivity contribution in [1.82, 2.24) is 5.32 Å². The summed E-state index contributed by atoms with van der Waals surface area (Å²) in [6.45, 7) is 2.61. The van der Waals surface area contributed by atoms with E-state index in [1.807, 2.05) is 6.92 Å². The second kappa shape index (κ2) is 7.22. The average molecular weight is 289 g/mol. The van der Waals surface area contributed by atoms with Crippen LogP contribution in [0.25, 0.3) is 0 Å². The predicted molar refractivity (Wildman–Crippen MR) is 83.0 cm³/mol. The third kappa shape index (κ3) is 5.19. The van der Waals surface area contributed by atoms with Crippen molar-refractivity contribution in [2.24, 2.45) is 11.7 Å². The van der Waals surface area contributed by atoms with Crippen molar-refractivity contribution in [3.63, 3.8) is 0 Å². The SMILES string of the molecule is CC(CN)CCC(=O)Nc1cccc(C(=O)NC2CC2)c1. The highest BCUT2D eigenvalue weighted by molar-refractivity contribution is 5.97. The molecule has 5 heteroatoms. The fourth-order valence-electron chi connectivity index (χ4n) is 1.95. The van der Waals surface area contributed by atoms with Crippen LogP contribution in [0.5, 0.6) is 0 Å². The second-order valence-corrected chi connectivity index (χ2v) is 5.76. The van der Waals surface area contributed by atoms with Crippen LogP contribution in [0.1, 0.15) is 43.0 Å². The van der Waals surface area contributed by atoms with Gasteiger partial charge in [-0.1, -0.05) is 13.0 Å². The molecule has 2 amide bonds. The number of carbonyl (C=O) groups excluding carboxylic acids is 2. The molecule has 1 unspecified atom stereocenters. The Hall–Kier alpha value is -1.88. The lowest BCUT2D eigenvalue weighted by Gasteiger charge is -2.10. The highest BCUT2D eigenvalue weighted by Gasteiger charge is 2.23. The third-order valence-electron chi connectivity index (χ3n) is 3.59. The quantitative estimate of drug-likeness (QED) is 0.716. The Morgan fingerprint density at radius 3 is 2.81 bits per heavy atom. The topological polar surface area (TPSA) is 84.2 Å². The van der Waals surface area contributed by atoms with Crippen LogP contribution in [0, 0.1) is 5.92 Å². The molecule has 0 spiro atoms. The van der Waals surface area contributed by atoms with Crippen molar-refractivity contribution in [1.29, 1.82) is 0 Å². The van der Waals surface area contributed by atoms with E-state index in [2.05, 4.69) is 10.6 Å². The van der Waals surface area contributed by atoms with Gasteiger partial charge in [0.1, 0.15) is 0 Å². The summed E-state index contributed by atoms with van der Waals surface area (Å²) in [4.78, 5) is 23.8. The fraction of sp³-hybridized carbons (Fsp3) is 0.500. The third-order valence-corrected chi connectivity index (χ3v) is 3.59. The summed E-state index contributed by atoms with van der Waals surface area (Å²) in [6, 6.07) is 7.36. The highest BCUT2D eigenvalue weighted by Crippen LogP contribution is 2.20. The maximum Gasteiger partial charge on any atom is 0.251 e. The maximum absolute atomic E-state index is 11.9. The van der Waals surface area contributed by atoms with Gasteiger partial charge in [-0.05, 0) is 49.9 Å². The minimum absolute atomic E-state index is 0.0462. The van der Waals surface area contributed by atoms with E-state index in [1.165, 1.54) is 0 Å². The number of nitrogens with two attached hydrogens (primary N) is 1. The number of amides is 2. The van der Waals surface area contributed by atoms with Crippen molar-refractivity contribution in [3.8, 4) is 0 Å². The molecule has 0 radical (unpaired) electrons. The van der Waals surface area contributed by atoms with Gasteiger partial charge in [-0.25, -0.2) is 0 Å². The summed E-state index contributed by atoms with van der Waals surface area (Å²) in [7, 11) is 0.